The highest BCUT2D eigenvalue weighted by Gasteiger charge is 2.68. The van der Waals surface area contributed by atoms with Crippen molar-refractivity contribution in [2.45, 2.75) is 113 Å². The van der Waals surface area contributed by atoms with Crippen LogP contribution < -0.4 is 0 Å². The second-order valence-corrected chi connectivity index (χ2v) is 14.4. The molecule has 0 aromatic heterocycles. The van der Waals surface area contributed by atoms with Gasteiger partial charge in [0.1, 0.15) is 5.78 Å². The summed E-state index contributed by atoms with van der Waals surface area (Å²) < 4.78 is 0. The summed E-state index contributed by atoms with van der Waals surface area (Å²) in [5.74, 6) is 4.37. The third-order valence-electron chi connectivity index (χ3n) is 13.0. The number of hydrogen-bond acceptors (Lipinski definition) is 1. The number of allylic oxidation sites excluding steroid dienone is 2. The van der Waals surface area contributed by atoms with E-state index >= 15 is 0 Å². The minimum Gasteiger partial charge on any atom is -0.299 e. The molecule has 4 saturated carbocycles. The lowest BCUT2D eigenvalue weighted by molar-refractivity contribution is -0.161. The van der Waals surface area contributed by atoms with Crippen LogP contribution in [-0.4, -0.2) is 5.78 Å². The average Bonchev–Trinajstić information content (AvgIpc) is 3.05. The highest BCUT2D eigenvalue weighted by molar-refractivity contribution is 5.85. The van der Waals surface area contributed by atoms with Crippen LogP contribution in [0.25, 0.3) is 0 Å². The van der Waals surface area contributed by atoms with Gasteiger partial charge in [0.05, 0.1) is 0 Å². The number of hydrogen-bond donors (Lipinski definition) is 0. The largest absolute Gasteiger partial charge is 0.299 e. The molecule has 0 spiro atoms. The van der Waals surface area contributed by atoms with E-state index in [9.17, 15) is 4.79 Å². The summed E-state index contributed by atoms with van der Waals surface area (Å²) in [6.07, 6.45) is 14.2. The van der Waals surface area contributed by atoms with Crippen LogP contribution in [0.3, 0.4) is 0 Å². The molecule has 0 radical (unpaired) electrons. The monoisotopic (exact) mass is 424 g/mol. The summed E-state index contributed by atoms with van der Waals surface area (Å²) in [4.78, 5) is 12.8. The predicted molar refractivity (Wildman–Crippen MR) is 130 cm³/mol. The number of carbonyl (C=O) groups excluding carboxylic acids is 1. The predicted octanol–water partition coefficient (Wildman–Crippen LogP) is 8.23. The normalized spacial score (nSPS) is 53.3. The van der Waals surface area contributed by atoms with Crippen molar-refractivity contribution in [3.05, 3.63) is 11.6 Å². The summed E-state index contributed by atoms with van der Waals surface area (Å²) >= 11 is 0. The zero-order chi connectivity index (χ0) is 22.6. The van der Waals surface area contributed by atoms with E-state index in [1.54, 1.807) is 5.57 Å². The Kier molecular flexibility index (Phi) is 4.66. The van der Waals surface area contributed by atoms with E-state index in [2.05, 4.69) is 61.5 Å². The zero-order valence-electron chi connectivity index (χ0n) is 21.7. The molecule has 0 N–H and O–H groups in total. The molecule has 31 heavy (non-hydrogen) atoms. The molecule has 0 saturated heterocycles. The fraction of sp³-hybridized carbons (Fsp3) is 0.900. The topological polar surface area (TPSA) is 17.1 Å². The summed E-state index contributed by atoms with van der Waals surface area (Å²) in [6, 6.07) is 0. The van der Waals surface area contributed by atoms with Gasteiger partial charge in [-0.05, 0) is 103 Å². The zero-order valence-corrected chi connectivity index (χ0v) is 21.7. The van der Waals surface area contributed by atoms with Gasteiger partial charge in [-0.1, -0.05) is 67.0 Å². The maximum atomic E-state index is 12.8. The van der Waals surface area contributed by atoms with E-state index in [1.165, 1.54) is 44.9 Å². The molecule has 0 amide bonds. The Balaban J connectivity index is 1.56. The Hall–Kier alpha value is -0.590. The van der Waals surface area contributed by atoms with Crippen LogP contribution in [-0.2, 0) is 4.79 Å². The van der Waals surface area contributed by atoms with E-state index in [0.717, 1.165) is 36.5 Å². The van der Waals surface area contributed by atoms with Crippen molar-refractivity contribution in [2.24, 2.45) is 56.7 Å². The van der Waals surface area contributed by atoms with Gasteiger partial charge in [-0.3, -0.25) is 4.79 Å². The van der Waals surface area contributed by atoms with Crippen molar-refractivity contribution in [3.8, 4) is 0 Å². The van der Waals surface area contributed by atoms with Gasteiger partial charge >= 0.3 is 0 Å². The fourth-order valence-corrected chi connectivity index (χ4v) is 11.1. The minimum absolute atomic E-state index is 0.151. The molecular weight excluding hydrogens is 376 g/mol. The third kappa shape index (κ3) is 2.53. The molecule has 0 heterocycles. The maximum absolute atomic E-state index is 12.8. The Morgan fingerprint density at radius 1 is 0.839 bits per heavy atom. The summed E-state index contributed by atoms with van der Waals surface area (Å²) in [5, 5.41) is 0. The molecule has 5 rings (SSSR count). The van der Waals surface area contributed by atoms with Crippen LogP contribution in [0.2, 0.25) is 0 Å². The number of carbonyl (C=O) groups is 1. The SMILES string of the molecule is CC(C)C1CCC2C1(C)CCC1(C)C3CCC4C(C)(C)C(=O)CCC4(C)C3=CCC21C. The van der Waals surface area contributed by atoms with Crippen molar-refractivity contribution >= 4 is 5.78 Å². The first kappa shape index (κ1) is 22.2. The van der Waals surface area contributed by atoms with E-state index in [-0.39, 0.29) is 10.8 Å². The third-order valence-corrected chi connectivity index (χ3v) is 13.0. The lowest BCUT2D eigenvalue weighted by Gasteiger charge is -2.68. The van der Waals surface area contributed by atoms with Gasteiger partial charge in [0.25, 0.3) is 0 Å². The number of fused-ring (bicyclic) bond motifs is 7. The van der Waals surface area contributed by atoms with Crippen LogP contribution in [0, 0.1) is 56.7 Å². The van der Waals surface area contributed by atoms with Gasteiger partial charge in [-0.25, -0.2) is 0 Å². The van der Waals surface area contributed by atoms with Crippen LogP contribution in [0.5, 0.6) is 0 Å². The Morgan fingerprint density at radius 3 is 2.19 bits per heavy atom. The molecule has 1 heteroatoms. The molecule has 0 aliphatic heterocycles. The molecule has 0 aromatic carbocycles. The summed E-state index contributed by atoms with van der Waals surface area (Å²) in [6.45, 7) is 20.1. The lowest BCUT2D eigenvalue weighted by Crippen LogP contribution is -2.61. The van der Waals surface area contributed by atoms with Crippen molar-refractivity contribution < 1.29 is 4.79 Å². The van der Waals surface area contributed by atoms with Crippen LogP contribution >= 0.6 is 0 Å². The molecule has 1 nitrogen and oxygen atoms in total. The number of Topliss-reactive ketones (excluding diaryl/α,β-unsaturated/α-hetero) is 1. The lowest BCUT2D eigenvalue weighted by atomic mass is 9.36. The number of rotatable bonds is 1. The van der Waals surface area contributed by atoms with E-state index in [0.29, 0.717) is 27.9 Å². The molecule has 0 aromatic rings. The molecular formula is C30H48O. The quantitative estimate of drug-likeness (QED) is 0.387. The van der Waals surface area contributed by atoms with Crippen molar-refractivity contribution in [1.82, 2.24) is 0 Å². The second kappa shape index (κ2) is 6.50. The van der Waals surface area contributed by atoms with E-state index in [1.807, 2.05) is 0 Å². The molecule has 5 aliphatic carbocycles. The summed E-state index contributed by atoms with van der Waals surface area (Å²) in [7, 11) is 0. The van der Waals surface area contributed by atoms with Crippen LogP contribution in [0.4, 0.5) is 0 Å². The standard InChI is InChI=1S/C30H48O/c1-19(2)20-9-12-24-28(20,6)17-18-29(7)22-10-11-23-26(3,4)25(31)14-15-27(23,5)21(22)13-16-30(24,29)8/h13,19-20,22-24H,9-12,14-18H2,1-8H3. The van der Waals surface area contributed by atoms with Gasteiger partial charge in [-0.15, -0.1) is 0 Å². The Bertz CT molecular complexity index is 818. The first-order valence-corrected chi connectivity index (χ1v) is 13.6. The molecule has 174 valence electrons. The van der Waals surface area contributed by atoms with Gasteiger partial charge in [0.2, 0.25) is 0 Å². The molecule has 0 bridgehead atoms. The highest BCUT2D eigenvalue weighted by Crippen LogP contribution is 2.76. The van der Waals surface area contributed by atoms with Crippen molar-refractivity contribution in [3.63, 3.8) is 0 Å². The van der Waals surface area contributed by atoms with Gasteiger partial charge in [-0.2, -0.15) is 0 Å². The maximum Gasteiger partial charge on any atom is 0.138 e. The smallest absolute Gasteiger partial charge is 0.138 e. The van der Waals surface area contributed by atoms with Crippen LogP contribution in [0.1, 0.15) is 113 Å². The van der Waals surface area contributed by atoms with Crippen LogP contribution in [0.15, 0.2) is 11.6 Å². The molecule has 8 atom stereocenters. The van der Waals surface area contributed by atoms with Gasteiger partial charge in [0.15, 0.2) is 0 Å². The van der Waals surface area contributed by atoms with Gasteiger partial charge in [0, 0.05) is 11.8 Å². The first-order valence-electron chi connectivity index (χ1n) is 13.6. The minimum atomic E-state index is -0.151. The van der Waals surface area contributed by atoms with Gasteiger partial charge < -0.3 is 0 Å². The van der Waals surface area contributed by atoms with Crippen molar-refractivity contribution in [2.75, 3.05) is 0 Å². The number of ketones is 1. The first-order chi connectivity index (χ1) is 14.3. The fourth-order valence-electron chi connectivity index (χ4n) is 11.1. The Morgan fingerprint density at radius 2 is 1.52 bits per heavy atom. The molecule has 5 aliphatic rings. The molecule has 4 fully saturated rings. The second-order valence-electron chi connectivity index (χ2n) is 14.4. The highest BCUT2D eigenvalue weighted by atomic mass is 16.1. The molecule has 8 unspecified atom stereocenters. The Labute approximate surface area is 192 Å². The average molecular weight is 425 g/mol. The van der Waals surface area contributed by atoms with Crippen molar-refractivity contribution in [1.29, 1.82) is 0 Å². The summed E-state index contributed by atoms with van der Waals surface area (Å²) in [5.41, 5.74) is 3.26. The van der Waals surface area contributed by atoms with E-state index in [4.69, 9.17) is 0 Å². The van der Waals surface area contributed by atoms with E-state index < -0.39 is 0 Å².